The number of likely N-dealkylation sites (N-methyl/N-ethyl adjacent to an activating group) is 1. The molecule has 154 valence electrons. The van der Waals surface area contributed by atoms with E-state index < -0.39 is 0 Å². The molecule has 3 rings (SSSR count). The fourth-order valence-electron chi connectivity index (χ4n) is 4.63. The molecule has 6 heteroatoms. The van der Waals surface area contributed by atoms with Gasteiger partial charge in [0.25, 0.3) is 0 Å². The second-order valence-electron chi connectivity index (χ2n) is 8.28. The first-order valence-corrected chi connectivity index (χ1v) is 10.2. The largest absolute Gasteiger partial charge is 0.395 e. The predicted octanol–water partition coefficient (Wildman–Crippen LogP) is 3.36. The van der Waals surface area contributed by atoms with Crippen LogP contribution in [-0.4, -0.2) is 46.0 Å². The smallest absolute Gasteiger partial charge is 0.127 e. The van der Waals surface area contributed by atoms with E-state index in [0.29, 0.717) is 11.6 Å². The van der Waals surface area contributed by atoms with E-state index in [2.05, 4.69) is 47.7 Å². The summed E-state index contributed by atoms with van der Waals surface area (Å²) in [5.41, 5.74) is 4.21. The van der Waals surface area contributed by atoms with Gasteiger partial charge in [0.05, 0.1) is 12.3 Å². The molecule has 1 aliphatic heterocycles. The summed E-state index contributed by atoms with van der Waals surface area (Å²) in [5.74, 6) is 0.0626. The summed E-state index contributed by atoms with van der Waals surface area (Å²) in [6, 6.07) is 7.36. The van der Waals surface area contributed by atoms with Crippen LogP contribution < -0.4 is 5.32 Å². The predicted molar refractivity (Wildman–Crippen MR) is 110 cm³/mol. The molecule has 1 aromatic carbocycles. The van der Waals surface area contributed by atoms with Crippen LogP contribution in [0.4, 0.5) is 4.39 Å². The van der Waals surface area contributed by atoms with Crippen molar-refractivity contribution in [2.24, 2.45) is 5.92 Å². The lowest BCUT2D eigenvalue weighted by Gasteiger charge is -2.28. The number of rotatable bonds is 7. The lowest BCUT2D eigenvalue weighted by atomic mass is 9.92. The zero-order valence-electron chi connectivity index (χ0n) is 17.6. The molecule has 0 aliphatic carbocycles. The fraction of sp³-hybridized carbons (Fsp3) is 0.591. The highest BCUT2D eigenvalue weighted by molar-refractivity contribution is 5.26. The van der Waals surface area contributed by atoms with Crippen LogP contribution in [0.5, 0.6) is 0 Å². The van der Waals surface area contributed by atoms with Gasteiger partial charge in [-0.25, -0.2) is 4.39 Å². The molecule has 1 saturated heterocycles. The summed E-state index contributed by atoms with van der Waals surface area (Å²) in [6.45, 7) is 10.1. The zero-order chi connectivity index (χ0) is 20.4. The maximum Gasteiger partial charge on any atom is 0.127 e. The fourth-order valence-corrected chi connectivity index (χ4v) is 4.63. The Hall–Kier alpha value is -1.76. The third-order valence-electron chi connectivity index (χ3n) is 6.14. The number of hydrogen-bond donors (Lipinski definition) is 2. The van der Waals surface area contributed by atoms with E-state index in [0.717, 1.165) is 25.2 Å². The molecule has 1 aromatic heterocycles. The van der Waals surface area contributed by atoms with Gasteiger partial charge < -0.3 is 10.4 Å². The van der Waals surface area contributed by atoms with Crippen LogP contribution >= 0.6 is 0 Å². The third-order valence-corrected chi connectivity index (χ3v) is 6.14. The van der Waals surface area contributed by atoms with Crippen molar-refractivity contribution in [2.75, 3.05) is 20.2 Å². The number of hydrogen-bond acceptors (Lipinski definition) is 4. The van der Waals surface area contributed by atoms with Gasteiger partial charge in [-0.2, -0.15) is 5.10 Å². The van der Waals surface area contributed by atoms with Crippen molar-refractivity contribution in [2.45, 2.75) is 58.8 Å². The zero-order valence-corrected chi connectivity index (χ0v) is 17.6. The Morgan fingerprint density at radius 1 is 1.29 bits per heavy atom. The average Bonchev–Trinajstić information content (AvgIpc) is 3.13. The normalized spacial score (nSPS) is 23.1. The molecule has 1 aliphatic rings. The van der Waals surface area contributed by atoms with Gasteiger partial charge in [-0.3, -0.25) is 9.58 Å². The molecule has 0 unspecified atom stereocenters. The van der Waals surface area contributed by atoms with Crippen LogP contribution in [-0.2, 0) is 6.54 Å². The van der Waals surface area contributed by atoms with Crippen molar-refractivity contribution in [3.05, 3.63) is 52.6 Å². The highest BCUT2D eigenvalue weighted by Gasteiger charge is 2.40. The topological polar surface area (TPSA) is 53.3 Å². The molecule has 2 N–H and O–H groups in total. The van der Waals surface area contributed by atoms with Crippen LogP contribution in [0.3, 0.4) is 0 Å². The standard InChI is InChI=1S/C22H33FN4O/c1-14(2)27-16(4)20(15(3)25-27)12-24-11-17-10-18(13-28)26(5)22(17)19-8-6-7-9-21(19)23/h6-9,14,17-18,22,24,28H,10-13H2,1-5H3/t17-,18+,22-/m0/s1. The average molecular weight is 389 g/mol. The van der Waals surface area contributed by atoms with E-state index in [1.807, 2.05) is 19.2 Å². The van der Waals surface area contributed by atoms with Gasteiger partial charge in [0.15, 0.2) is 0 Å². The molecule has 2 aromatic rings. The minimum Gasteiger partial charge on any atom is -0.395 e. The van der Waals surface area contributed by atoms with Crippen molar-refractivity contribution in [1.82, 2.24) is 20.0 Å². The second kappa shape index (κ2) is 8.72. The Balaban J connectivity index is 1.73. The van der Waals surface area contributed by atoms with E-state index in [9.17, 15) is 9.50 Å². The van der Waals surface area contributed by atoms with Gasteiger partial charge in [0.1, 0.15) is 5.82 Å². The summed E-state index contributed by atoms with van der Waals surface area (Å²) in [6.07, 6.45) is 0.849. The minimum absolute atomic E-state index is 0.0357. The Morgan fingerprint density at radius 2 is 2.00 bits per heavy atom. The molecule has 0 saturated carbocycles. The summed E-state index contributed by atoms with van der Waals surface area (Å²) >= 11 is 0. The number of nitrogens with zero attached hydrogens (tertiary/aromatic N) is 3. The van der Waals surface area contributed by atoms with Gasteiger partial charge in [-0.1, -0.05) is 18.2 Å². The minimum atomic E-state index is -0.173. The molecule has 0 radical (unpaired) electrons. The van der Waals surface area contributed by atoms with Crippen LogP contribution in [0.15, 0.2) is 24.3 Å². The summed E-state index contributed by atoms with van der Waals surface area (Å²) in [7, 11) is 1.99. The maximum atomic E-state index is 14.5. The SMILES string of the molecule is Cc1nn(C(C)C)c(C)c1CNC[C@@H]1C[C@H](CO)N(C)[C@@H]1c1ccccc1F. The first kappa shape index (κ1) is 21.0. The molecule has 1 fully saturated rings. The molecule has 5 nitrogen and oxygen atoms in total. The lowest BCUT2D eigenvalue weighted by Crippen LogP contribution is -2.32. The van der Waals surface area contributed by atoms with Gasteiger partial charge in [0, 0.05) is 48.0 Å². The summed E-state index contributed by atoms with van der Waals surface area (Å²) < 4.78 is 16.5. The number of benzene rings is 1. The van der Waals surface area contributed by atoms with Crippen LogP contribution in [0.25, 0.3) is 0 Å². The van der Waals surface area contributed by atoms with Gasteiger partial charge in [0.2, 0.25) is 0 Å². The van der Waals surface area contributed by atoms with E-state index >= 15 is 0 Å². The third kappa shape index (κ3) is 4.00. The second-order valence-corrected chi connectivity index (χ2v) is 8.28. The maximum absolute atomic E-state index is 14.5. The van der Waals surface area contributed by atoms with Crippen LogP contribution in [0, 0.1) is 25.6 Å². The van der Waals surface area contributed by atoms with E-state index in [1.165, 1.54) is 17.3 Å². The quantitative estimate of drug-likeness (QED) is 0.764. The molecule has 0 bridgehead atoms. The monoisotopic (exact) mass is 388 g/mol. The molecular formula is C22H33FN4O. The summed E-state index contributed by atoms with van der Waals surface area (Å²) in [4.78, 5) is 2.12. The highest BCUT2D eigenvalue weighted by Crippen LogP contribution is 2.40. The van der Waals surface area contributed by atoms with Crippen molar-refractivity contribution in [1.29, 1.82) is 0 Å². The van der Waals surface area contributed by atoms with Crippen molar-refractivity contribution in [3.63, 3.8) is 0 Å². The Kier molecular flexibility index (Phi) is 6.53. The molecular weight excluding hydrogens is 355 g/mol. The van der Waals surface area contributed by atoms with Crippen molar-refractivity contribution in [3.8, 4) is 0 Å². The molecule has 3 atom stereocenters. The Morgan fingerprint density at radius 3 is 2.61 bits per heavy atom. The number of aliphatic hydroxyl groups is 1. The molecule has 0 amide bonds. The van der Waals surface area contributed by atoms with Crippen molar-refractivity contribution < 1.29 is 9.50 Å². The van der Waals surface area contributed by atoms with E-state index in [4.69, 9.17) is 0 Å². The summed E-state index contributed by atoms with van der Waals surface area (Å²) in [5, 5.41) is 18.0. The van der Waals surface area contributed by atoms with Gasteiger partial charge in [-0.05, 0) is 53.1 Å². The Labute approximate surface area is 167 Å². The van der Waals surface area contributed by atoms with E-state index in [-0.39, 0.29) is 30.4 Å². The number of aliphatic hydroxyl groups excluding tert-OH is 1. The van der Waals surface area contributed by atoms with E-state index in [1.54, 1.807) is 6.07 Å². The number of aryl methyl sites for hydroxylation is 1. The lowest BCUT2D eigenvalue weighted by molar-refractivity contribution is 0.151. The van der Waals surface area contributed by atoms with Crippen LogP contribution in [0.2, 0.25) is 0 Å². The molecule has 0 spiro atoms. The first-order valence-electron chi connectivity index (χ1n) is 10.2. The molecule has 2 heterocycles. The Bertz CT molecular complexity index is 804. The number of aromatic nitrogens is 2. The number of nitrogens with one attached hydrogen (secondary N) is 1. The first-order chi connectivity index (χ1) is 13.3. The van der Waals surface area contributed by atoms with Crippen molar-refractivity contribution >= 4 is 0 Å². The van der Waals surface area contributed by atoms with Gasteiger partial charge >= 0.3 is 0 Å². The molecule has 28 heavy (non-hydrogen) atoms. The van der Waals surface area contributed by atoms with Crippen LogP contribution in [0.1, 0.15) is 54.9 Å². The number of halogens is 1. The van der Waals surface area contributed by atoms with Gasteiger partial charge in [-0.15, -0.1) is 0 Å². The number of likely N-dealkylation sites (tertiary alicyclic amines) is 1. The highest BCUT2D eigenvalue weighted by atomic mass is 19.1.